The highest BCUT2D eigenvalue weighted by atomic mass is 16.5. The summed E-state index contributed by atoms with van der Waals surface area (Å²) < 4.78 is 16.2. The van der Waals surface area contributed by atoms with Crippen molar-refractivity contribution in [2.75, 3.05) is 27.9 Å². The molecule has 0 fully saturated rings. The second-order valence-electron chi connectivity index (χ2n) is 4.53. The van der Waals surface area contributed by atoms with Crippen molar-refractivity contribution in [2.45, 2.75) is 32.7 Å². The Bertz CT molecular complexity index is 477. The number of hydrogen-bond donors (Lipinski definition) is 1. The molecular weight excluding hydrogens is 266 g/mol. The van der Waals surface area contributed by atoms with E-state index in [4.69, 9.17) is 14.2 Å². The molecule has 0 aliphatic carbocycles. The molecule has 0 spiro atoms. The van der Waals surface area contributed by atoms with Gasteiger partial charge in [-0.1, -0.05) is 6.92 Å². The van der Waals surface area contributed by atoms with Gasteiger partial charge in [0.05, 0.1) is 21.3 Å². The van der Waals surface area contributed by atoms with Crippen molar-refractivity contribution in [3.8, 4) is 29.1 Å². The summed E-state index contributed by atoms with van der Waals surface area (Å²) in [5.74, 6) is 8.01. The van der Waals surface area contributed by atoms with E-state index in [2.05, 4.69) is 24.1 Å². The third-order valence-corrected chi connectivity index (χ3v) is 3.27. The van der Waals surface area contributed by atoms with Gasteiger partial charge in [0, 0.05) is 12.5 Å². The second-order valence-corrected chi connectivity index (χ2v) is 4.53. The maximum atomic E-state index is 5.41. The van der Waals surface area contributed by atoms with E-state index >= 15 is 0 Å². The summed E-state index contributed by atoms with van der Waals surface area (Å²) >= 11 is 0. The van der Waals surface area contributed by atoms with E-state index in [1.54, 1.807) is 21.3 Å². The molecule has 0 radical (unpaired) electrons. The average Bonchev–Trinajstić information content (AvgIpc) is 2.52. The normalized spacial score (nSPS) is 11.3. The van der Waals surface area contributed by atoms with E-state index in [9.17, 15) is 0 Å². The average molecular weight is 291 g/mol. The first-order chi connectivity index (χ1) is 10.2. The van der Waals surface area contributed by atoms with E-state index in [1.165, 1.54) is 0 Å². The highest BCUT2D eigenvalue weighted by Crippen LogP contribution is 2.40. The lowest BCUT2D eigenvalue weighted by molar-refractivity contribution is 0.322. The van der Waals surface area contributed by atoms with Crippen molar-refractivity contribution >= 4 is 0 Å². The van der Waals surface area contributed by atoms with Crippen LogP contribution in [0.5, 0.6) is 17.2 Å². The fourth-order valence-corrected chi connectivity index (χ4v) is 2.28. The molecular formula is C17H25NO3. The van der Waals surface area contributed by atoms with E-state index < -0.39 is 0 Å². The molecule has 1 atom stereocenters. The first kappa shape index (κ1) is 17.2. The molecule has 116 valence electrons. The van der Waals surface area contributed by atoms with Crippen LogP contribution in [0.3, 0.4) is 0 Å². The highest BCUT2D eigenvalue weighted by molar-refractivity contribution is 5.54. The van der Waals surface area contributed by atoms with Gasteiger partial charge in [-0.05, 0) is 37.6 Å². The van der Waals surface area contributed by atoms with Gasteiger partial charge in [-0.25, -0.2) is 0 Å². The molecule has 0 amide bonds. The van der Waals surface area contributed by atoms with Crippen LogP contribution in [0.25, 0.3) is 0 Å². The fraction of sp³-hybridized carbons (Fsp3) is 0.529. The van der Waals surface area contributed by atoms with Crippen molar-refractivity contribution in [1.82, 2.24) is 5.32 Å². The highest BCUT2D eigenvalue weighted by Gasteiger charge is 2.18. The maximum absolute atomic E-state index is 5.41. The molecule has 0 heterocycles. The fourth-order valence-electron chi connectivity index (χ4n) is 2.28. The van der Waals surface area contributed by atoms with Gasteiger partial charge in [0.25, 0.3) is 0 Å². The molecule has 0 saturated carbocycles. The molecule has 1 unspecified atom stereocenters. The topological polar surface area (TPSA) is 39.7 Å². The molecule has 0 saturated heterocycles. The van der Waals surface area contributed by atoms with Crippen molar-refractivity contribution in [3.63, 3.8) is 0 Å². The summed E-state index contributed by atoms with van der Waals surface area (Å²) in [4.78, 5) is 0. The minimum Gasteiger partial charge on any atom is -0.493 e. The zero-order valence-electron chi connectivity index (χ0n) is 13.6. The van der Waals surface area contributed by atoms with Crippen LogP contribution in [0, 0.1) is 11.8 Å². The van der Waals surface area contributed by atoms with Gasteiger partial charge < -0.3 is 19.5 Å². The number of methoxy groups -OCH3 is 3. The Balaban J connectivity index is 3.13. The Morgan fingerprint density at radius 3 is 2.14 bits per heavy atom. The van der Waals surface area contributed by atoms with Gasteiger partial charge >= 0.3 is 0 Å². The summed E-state index contributed by atoms with van der Waals surface area (Å²) in [6, 6.07) is 4.20. The van der Waals surface area contributed by atoms with E-state index in [0.717, 1.165) is 24.9 Å². The molecule has 0 bridgehead atoms. The third kappa shape index (κ3) is 4.57. The standard InChI is InChI=1S/C17H25NO3/c1-6-8-9-10-14(18-7-2)13-11-15(19-3)17(21-5)16(12-13)20-4/h11-12,14,18H,7,9-10H2,1-5H3. The number of ether oxygens (including phenoxy) is 3. The van der Waals surface area contributed by atoms with Crippen molar-refractivity contribution in [1.29, 1.82) is 0 Å². The Morgan fingerprint density at radius 2 is 1.71 bits per heavy atom. The van der Waals surface area contributed by atoms with Crippen LogP contribution >= 0.6 is 0 Å². The van der Waals surface area contributed by atoms with E-state index in [0.29, 0.717) is 17.2 Å². The molecule has 0 aromatic heterocycles. The number of rotatable bonds is 8. The summed E-state index contributed by atoms with van der Waals surface area (Å²) in [5.41, 5.74) is 1.12. The molecule has 1 N–H and O–H groups in total. The van der Waals surface area contributed by atoms with Gasteiger partial charge in [-0.2, -0.15) is 0 Å². The van der Waals surface area contributed by atoms with Crippen molar-refractivity contribution in [3.05, 3.63) is 17.7 Å². The zero-order chi connectivity index (χ0) is 15.7. The molecule has 0 aliphatic rings. The predicted molar refractivity (Wildman–Crippen MR) is 85.2 cm³/mol. The van der Waals surface area contributed by atoms with E-state index in [1.807, 2.05) is 19.1 Å². The van der Waals surface area contributed by atoms with Crippen molar-refractivity contribution in [2.24, 2.45) is 0 Å². The van der Waals surface area contributed by atoms with Crippen molar-refractivity contribution < 1.29 is 14.2 Å². The molecule has 4 nitrogen and oxygen atoms in total. The summed E-state index contributed by atoms with van der Waals surface area (Å²) in [5, 5.41) is 3.48. The Morgan fingerprint density at radius 1 is 1.10 bits per heavy atom. The third-order valence-electron chi connectivity index (χ3n) is 3.27. The summed E-state index contributed by atoms with van der Waals surface area (Å²) in [6.07, 6.45) is 1.79. The van der Waals surface area contributed by atoms with Crippen LogP contribution in [0.4, 0.5) is 0 Å². The number of nitrogens with one attached hydrogen (secondary N) is 1. The van der Waals surface area contributed by atoms with Crippen LogP contribution in [-0.2, 0) is 0 Å². The molecule has 1 aromatic rings. The number of hydrogen-bond acceptors (Lipinski definition) is 4. The summed E-state index contributed by atoms with van der Waals surface area (Å²) in [7, 11) is 4.87. The van der Waals surface area contributed by atoms with Gasteiger partial charge in [0.2, 0.25) is 5.75 Å². The van der Waals surface area contributed by atoms with Crippen LogP contribution in [-0.4, -0.2) is 27.9 Å². The number of benzene rings is 1. The smallest absolute Gasteiger partial charge is 0.203 e. The molecule has 21 heavy (non-hydrogen) atoms. The minimum absolute atomic E-state index is 0.213. The molecule has 1 rings (SSSR count). The molecule has 4 heteroatoms. The zero-order valence-corrected chi connectivity index (χ0v) is 13.6. The van der Waals surface area contributed by atoms with Crippen LogP contribution in [0.2, 0.25) is 0 Å². The van der Waals surface area contributed by atoms with Gasteiger partial charge in [0.1, 0.15) is 0 Å². The lowest BCUT2D eigenvalue weighted by atomic mass is 10.0. The Hall–Kier alpha value is -1.86. The molecule has 0 aliphatic heterocycles. The van der Waals surface area contributed by atoms with Gasteiger partial charge in [-0.15, -0.1) is 11.8 Å². The first-order valence-corrected chi connectivity index (χ1v) is 7.14. The van der Waals surface area contributed by atoms with Crippen LogP contribution in [0.1, 0.15) is 38.3 Å². The van der Waals surface area contributed by atoms with E-state index in [-0.39, 0.29) is 6.04 Å². The summed E-state index contributed by atoms with van der Waals surface area (Å²) in [6.45, 7) is 4.85. The lowest BCUT2D eigenvalue weighted by Crippen LogP contribution is -2.21. The Labute approximate surface area is 127 Å². The van der Waals surface area contributed by atoms with Crippen LogP contribution < -0.4 is 19.5 Å². The minimum atomic E-state index is 0.213. The van der Waals surface area contributed by atoms with Crippen LogP contribution in [0.15, 0.2) is 12.1 Å². The predicted octanol–water partition coefficient (Wildman–Crippen LogP) is 3.17. The lowest BCUT2D eigenvalue weighted by Gasteiger charge is -2.20. The maximum Gasteiger partial charge on any atom is 0.203 e. The van der Waals surface area contributed by atoms with Gasteiger partial charge in [0.15, 0.2) is 11.5 Å². The quantitative estimate of drug-likeness (QED) is 0.747. The first-order valence-electron chi connectivity index (χ1n) is 7.14. The second kappa shape index (κ2) is 9.15. The Kier molecular flexibility index (Phi) is 7.49. The largest absolute Gasteiger partial charge is 0.493 e. The molecule has 1 aromatic carbocycles. The monoisotopic (exact) mass is 291 g/mol. The van der Waals surface area contributed by atoms with Gasteiger partial charge in [-0.3, -0.25) is 0 Å². The SMILES string of the molecule is CC#CCCC(NCC)c1cc(OC)c(OC)c(OC)c1.